The van der Waals surface area contributed by atoms with Crippen LogP contribution in [0, 0.1) is 0 Å². The molecule has 1 heteroatoms. The first-order valence-corrected chi connectivity index (χ1v) is 3.41. The Kier molecular flexibility index (Phi) is 15.8. The fourth-order valence-corrected chi connectivity index (χ4v) is 0.677. The molecule has 0 rings (SSSR count). The molecule has 0 nitrogen and oxygen atoms in total. The first kappa shape index (κ1) is 11.7. The molecule has 8 heavy (non-hydrogen) atoms. The molecule has 0 fully saturated rings. The quantitative estimate of drug-likeness (QED) is 0.551. The van der Waals surface area contributed by atoms with Gasteiger partial charge in [-0.3, -0.25) is 0 Å². The van der Waals surface area contributed by atoms with Gasteiger partial charge < -0.3 is 0 Å². The minimum absolute atomic E-state index is 0. The van der Waals surface area contributed by atoms with Crippen molar-refractivity contribution in [3.05, 3.63) is 0 Å². The van der Waals surface area contributed by atoms with E-state index in [1.54, 1.807) is 0 Å². The van der Waals surface area contributed by atoms with Crippen LogP contribution in [0.2, 0.25) is 0 Å². The van der Waals surface area contributed by atoms with Crippen molar-refractivity contribution in [1.82, 2.24) is 0 Å². The summed E-state index contributed by atoms with van der Waals surface area (Å²) in [5, 5.41) is 0. The molecule has 0 aromatic carbocycles. The van der Waals surface area contributed by atoms with Gasteiger partial charge in [0.2, 0.25) is 0 Å². The molecule has 0 aliphatic carbocycles. The molecule has 2 radical (unpaired) electrons. The van der Waals surface area contributed by atoms with E-state index in [9.17, 15) is 0 Å². The van der Waals surface area contributed by atoms with Gasteiger partial charge in [0, 0.05) is 0 Å². The van der Waals surface area contributed by atoms with Crippen LogP contribution in [-0.4, -0.2) is 27.3 Å². The van der Waals surface area contributed by atoms with Gasteiger partial charge in [-0.1, -0.05) is 46.0 Å². The van der Waals surface area contributed by atoms with Crippen LogP contribution >= 0.6 is 0 Å². The zero-order valence-electron chi connectivity index (χ0n) is 6.24. The zero-order chi connectivity index (χ0) is 5.54. The third kappa shape index (κ3) is 10.0. The van der Waals surface area contributed by atoms with Crippen molar-refractivity contribution in [1.29, 1.82) is 0 Å². The van der Waals surface area contributed by atoms with Gasteiger partial charge in [-0.25, -0.2) is 0 Å². The van der Waals surface area contributed by atoms with Crippen LogP contribution in [0.15, 0.2) is 0 Å². The molecule has 0 unspecified atom stereocenters. The summed E-state index contributed by atoms with van der Waals surface area (Å²) in [6.45, 7) is 4.49. The number of hydrogen-bond acceptors (Lipinski definition) is 0. The second-order valence-electron chi connectivity index (χ2n) is 2.06. The summed E-state index contributed by atoms with van der Waals surface area (Å²) in [5.41, 5.74) is 0. The molecule has 0 aromatic heterocycles. The normalized spacial score (nSPS) is 8.25. The standard InChI is InChI=1S/C7H16.Pb.2H/c1-3-5-7-6-4-2;;;/h3-7H2,1-2H3;;;. The van der Waals surface area contributed by atoms with Gasteiger partial charge in [0.1, 0.15) is 0 Å². The van der Waals surface area contributed by atoms with E-state index in [1.165, 1.54) is 32.1 Å². The summed E-state index contributed by atoms with van der Waals surface area (Å²) in [5.74, 6) is 0. The average Bonchev–Trinajstić information content (AvgIpc) is 1.69. The van der Waals surface area contributed by atoms with Gasteiger partial charge in [0.15, 0.2) is 0 Å². The molecule has 0 heterocycles. The van der Waals surface area contributed by atoms with E-state index in [1.807, 2.05) is 0 Å². The number of rotatable bonds is 4. The van der Waals surface area contributed by atoms with Crippen molar-refractivity contribution in [2.75, 3.05) is 0 Å². The Morgan fingerprint density at radius 3 is 1.38 bits per heavy atom. The summed E-state index contributed by atoms with van der Waals surface area (Å²) in [4.78, 5) is 0. The predicted octanol–water partition coefficient (Wildman–Crippen LogP) is 2.06. The number of hydrogen-bond donors (Lipinski definition) is 0. The van der Waals surface area contributed by atoms with Crippen molar-refractivity contribution < 1.29 is 0 Å². The molecule has 0 aromatic rings. The molecule has 0 aliphatic rings. The Bertz CT molecular complexity index is 23.6. The van der Waals surface area contributed by atoms with E-state index in [4.69, 9.17) is 0 Å². The maximum atomic E-state index is 2.25. The summed E-state index contributed by atoms with van der Waals surface area (Å²) >= 11 is 0. The Morgan fingerprint density at radius 1 is 0.750 bits per heavy atom. The van der Waals surface area contributed by atoms with Crippen LogP contribution in [0.1, 0.15) is 46.0 Å². The summed E-state index contributed by atoms with van der Waals surface area (Å²) in [7, 11) is 0. The van der Waals surface area contributed by atoms with Crippen molar-refractivity contribution in [2.45, 2.75) is 46.0 Å². The molecule has 0 saturated heterocycles. The summed E-state index contributed by atoms with van der Waals surface area (Å²) in [6.07, 6.45) is 7.01. The molecule has 50 valence electrons. The van der Waals surface area contributed by atoms with Crippen LogP contribution in [0.5, 0.6) is 0 Å². The topological polar surface area (TPSA) is 0 Å². The predicted molar refractivity (Wildman–Crippen MR) is 43.0 cm³/mol. The molecular weight excluding hydrogens is 291 g/mol. The van der Waals surface area contributed by atoms with Crippen molar-refractivity contribution >= 4 is 27.3 Å². The van der Waals surface area contributed by atoms with Crippen LogP contribution < -0.4 is 0 Å². The second kappa shape index (κ2) is 10.8. The van der Waals surface area contributed by atoms with Gasteiger partial charge in [0.05, 0.1) is 0 Å². The van der Waals surface area contributed by atoms with E-state index in [0.717, 1.165) is 0 Å². The molecule has 0 aliphatic heterocycles. The van der Waals surface area contributed by atoms with E-state index in [2.05, 4.69) is 13.8 Å². The Labute approximate surface area is 73.2 Å². The Balaban J connectivity index is 0. The van der Waals surface area contributed by atoms with Crippen LogP contribution in [0.25, 0.3) is 0 Å². The number of unbranched alkanes of at least 4 members (excludes halogenated alkanes) is 4. The van der Waals surface area contributed by atoms with E-state index in [-0.39, 0.29) is 27.3 Å². The van der Waals surface area contributed by atoms with Gasteiger partial charge >= 0.3 is 27.3 Å². The van der Waals surface area contributed by atoms with Crippen LogP contribution in [0.3, 0.4) is 0 Å². The Morgan fingerprint density at radius 2 is 1.12 bits per heavy atom. The maximum absolute atomic E-state index is 2.25. The third-order valence-corrected chi connectivity index (χ3v) is 1.21. The average molecular weight is 309 g/mol. The monoisotopic (exact) mass is 310 g/mol. The molecule has 0 spiro atoms. The van der Waals surface area contributed by atoms with Crippen LogP contribution in [-0.2, 0) is 0 Å². The molecule has 0 saturated carbocycles. The van der Waals surface area contributed by atoms with Crippen molar-refractivity contribution in [3.63, 3.8) is 0 Å². The first-order chi connectivity index (χ1) is 3.41. The zero-order valence-corrected chi connectivity index (χ0v) is 11.7. The molecule has 0 amide bonds. The van der Waals surface area contributed by atoms with Crippen molar-refractivity contribution in [2.24, 2.45) is 0 Å². The van der Waals surface area contributed by atoms with Crippen LogP contribution in [0.4, 0.5) is 0 Å². The van der Waals surface area contributed by atoms with Crippen molar-refractivity contribution in [3.8, 4) is 0 Å². The van der Waals surface area contributed by atoms with E-state index in [0.29, 0.717) is 0 Å². The molecule has 0 bridgehead atoms. The minimum atomic E-state index is 0. The fraction of sp³-hybridized carbons (Fsp3) is 1.00. The SMILES string of the molecule is CCCCCCC.[PbH2]. The molecular formula is C7H18Pb. The molecule has 0 atom stereocenters. The van der Waals surface area contributed by atoms with Gasteiger partial charge in [-0.15, -0.1) is 0 Å². The van der Waals surface area contributed by atoms with Gasteiger partial charge in [-0.05, 0) is 0 Å². The van der Waals surface area contributed by atoms with Gasteiger partial charge in [-0.2, -0.15) is 0 Å². The summed E-state index contributed by atoms with van der Waals surface area (Å²) < 4.78 is 0. The van der Waals surface area contributed by atoms with E-state index < -0.39 is 0 Å². The second-order valence-corrected chi connectivity index (χ2v) is 2.06. The van der Waals surface area contributed by atoms with Gasteiger partial charge in [0.25, 0.3) is 0 Å². The fourth-order valence-electron chi connectivity index (χ4n) is 0.677. The third-order valence-electron chi connectivity index (χ3n) is 1.21. The first-order valence-electron chi connectivity index (χ1n) is 3.41. The van der Waals surface area contributed by atoms with E-state index >= 15 is 0 Å². The summed E-state index contributed by atoms with van der Waals surface area (Å²) in [6, 6.07) is 0. The molecule has 0 N–H and O–H groups in total. The Hall–Kier alpha value is 0.922.